The molecule has 1 atom stereocenters. The fraction of sp³-hybridized carbons (Fsp3) is 0.250. The minimum absolute atomic E-state index is 0.0575. The van der Waals surface area contributed by atoms with Crippen LogP contribution in [0.3, 0.4) is 0 Å². The van der Waals surface area contributed by atoms with Crippen LogP contribution in [0.25, 0.3) is 11.3 Å². The first-order valence-corrected chi connectivity index (χ1v) is 15.8. The second kappa shape index (κ2) is 11.2. The van der Waals surface area contributed by atoms with Gasteiger partial charge in [0.25, 0.3) is 11.8 Å². The van der Waals surface area contributed by atoms with Crippen molar-refractivity contribution in [3.8, 4) is 17.1 Å². The SMILES string of the molecule is CCS(=O)(=O)c1ccc(-c2nn3c(c2C(=O)N[C@@H]2N=C(c4ccccc4)c4cccc(F)c4NC2=O)OCC(C)(C)C3)c(F)c1. The molecule has 2 aliphatic heterocycles. The van der Waals surface area contributed by atoms with Gasteiger partial charge in [-0.15, -0.1) is 0 Å². The minimum Gasteiger partial charge on any atom is -0.477 e. The summed E-state index contributed by atoms with van der Waals surface area (Å²) >= 11 is 0. The zero-order chi connectivity index (χ0) is 32.1. The van der Waals surface area contributed by atoms with E-state index in [1.165, 1.54) is 35.9 Å². The predicted molar refractivity (Wildman–Crippen MR) is 163 cm³/mol. The van der Waals surface area contributed by atoms with Gasteiger partial charge in [-0.2, -0.15) is 5.10 Å². The number of carbonyl (C=O) groups excluding carboxylic acids is 2. The molecule has 2 amide bonds. The normalized spacial score (nSPS) is 17.2. The molecule has 6 rings (SSSR count). The van der Waals surface area contributed by atoms with E-state index in [9.17, 15) is 22.4 Å². The average molecular weight is 634 g/mol. The number of benzene rings is 3. The third-order valence-corrected chi connectivity index (χ3v) is 9.32. The van der Waals surface area contributed by atoms with Crippen molar-refractivity contribution in [2.24, 2.45) is 10.4 Å². The van der Waals surface area contributed by atoms with Gasteiger partial charge in [0.1, 0.15) is 22.9 Å². The lowest BCUT2D eigenvalue weighted by Gasteiger charge is -2.30. The highest BCUT2D eigenvalue weighted by Gasteiger charge is 2.37. The van der Waals surface area contributed by atoms with Gasteiger partial charge < -0.3 is 15.4 Å². The van der Waals surface area contributed by atoms with Crippen LogP contribution < -0.4 is 15.4 Å². The van der Waals surface area contributed by atoms with E-state index in [4.69, 9.17) is 4.74 Å². The summed E-state index contributed by atoms with van der Waals surface area (Å²) in [5.41, 5.74) is 0.326. The molecule has 45 heavy (non-hydrogen) atoms. The van der Waals surface area contributed by atoms with Gasteiger partial charge in [-0.25, -0.2) is 26.9 Å². The van der Waals surface area contributed by atoms with Crippen LogP contribution >= 0.6 is 0 Å². The molecule has 0 unspecified atom stereocenters. The topological polar surface area (TPSA) is 132 Å². The number of sulfone groups is 1. The first kappa shape index (κ1) is 30.1. The smallest absolute Gasteiger partial charge is 0.269 e. The average Bonchev–Trinajstić information content (AvgIpc) is 3.30. The highest BCUT2D eigenvalue weighted by molar-refractivity contribution is 7.91. The molecule has 2 N–H and O–H groups in total. The number of amides is 2. The lowest BCUT2D eigenvalue weighted by molar-refractivity contribution is -0.117. The second-order valence-electron chi connectivity index (χ2n) is 11.6. The molecule has 232 valence electrons. The van der Waals surface area contributed by atoms with E-state index < -0.39 is 39.5 Å². The van der Waals surface area contributed by atoms with Crippen LogP contribution in [0.4, 0.5) is 14.5 Å². The highest BCUT2D eigenvalue weighted by atomic mass is 32.2. The molecular weight excluding hydrogens is 604 g/mol. The van der Waals surface area contributed by atoms with Crippen molar-refractivity contribution < 1.29 is 31.5 Å². The molecule has 13 heteroatoms. The van der Waals surface area contributed by atoms with Crippen LogP contribution in [0.1, 0.15) is 42.3 Å². The number of rotatable bonds is 6. The van der Waals surface area contributed by atoms with Crippen LogP contribution in [0.15, 0.2) is 76.6 Å². The first-order valence-electron chi connectivity index (χ1n) is 14.2. The van der Waals surface area contributed by atoms with Crippen molar-refractivity contribution >= 4 is 33.1 Å². The number of hydrogen-bond donors (Lipinski definition) is 2. The number of halogens is 2. The summed E-state index contributed by atoms with van der Waals surface area (Å²) in [7, 11) is -3.70. The maximum Gasteiger partial charge on any atom is 0.269 e. The Morgan fingerprint density at radius 3 is 2.53 bits per heavy atom. The molecule has 3 heterocycles. The molecule has 3 aromatic carbocycles. The van der Waals surface area contributed by atoms with Crippen molar-refractivity contribution in [1.82, 2.24) is 15.1 Å². The lowest BCUT2D eigenvalue weighted by atomic mass is 9.94. The van der Waals surface area contributed by atoms with Crippen molar-refractivity contribution in [2.75, 3.05) is 17.7 Å². The van der Waals surface area contributed by atoms with Gasteiger partial charge in [0.2, 0.25) is 12.0 Å². The third kappa shape index (κ3) is 5.59. The molecule has 0 bridgehead atoms. The summed E-state index contributed by atoms with van der Waals surface area (Å²) in [6, 6.07) is 16.5. The van der Waals surface area contributed by atoms with Crippen molar-refractivity contribution in [3.63, 3.8) is 0 Å². The lowest BCUT2D eigenvalue weighted by Crippen LogP contribution is -2.43. The molecule has 0 spiro atoms. The Bertz CT molecular complexity index is 1990. The van der Waals surface area contributed by atoms with Crippen molar-refractivity contribution in [3.05, 3.63) is 95.1 Å². The van der Waals surface area contributed by atoms with Gasteiger partial charge in [0.05, 0.1) is 35.2 Å². The molecule has 1 aromatic heterocycles. The molecule has 2 aliphatic rings. The Labute approximate surface area is 258 Å². The number of para-hydroxylation sites is 1. The van der Waals surface area contributed by atoms with Gasteiger partial charge in [-0.1, -0.05) is 63.2 Å². The summed E-state index contributed by atoms with van der Waals surface area (Å²) in [6.45, 7) is 5.89. The number of ether oxygens (including phenoxy) is 1. The molecular formula is C32H29F2N5O5S. The molecule has 0 saturated carbocycles. The fourth-order valence-corrected chi connectivity index (χ4v) is 6.17. The number of fused-ring (bicyclic) bond motifs is 2. The number of hydrogen-bond acceptors (Lipinski definition) is 7. The van der Waals surface area contributed by atoms with Gasteiger partial charge >= 0.3 is 0 Å². The molecule has 0 aliphatic carbocycles. The monoisotopic (exact) mass is 633 g/mol. The van der Waals surface area contributed by atoms with Crippen LogP contribution in [-0.2, 0) is 21.2 Å². The van der Waals surface area contributed by atoms with Crippen LogP contribution in [-0.4, -0.2) is 54.2 Å². The quantitative estimate of drug-likeness (QED) is 0.320. The first-order chi connectivity index (χ1) is 21.4. The van der Waals surface area contributed by atoms with E-state index >= 15 is 4.39 Å². The standard InChI is InChI=1S/C32H29F2N5O5S/c1-4-45(42,43)19-13-14-20(23(34)15-19)27-24(31-39(38-27)16-32(2,3)17-44-31)29(40)37-28-30(41)36-26-21(11-8-12-22(26)33)25(35-28)18-9-6-5-7-10-18/h5-15,28H,4,16-17H2,1-3H3,(H,36,41)(H,37,40)/t28-/m0/s1. The van der Waals surface area contributed by atoms with E-state index in [0.29, 0.717) is 17.7 Å². The summed E-state index contributed by atoms with van der Waals surface area (Å²) in [5, 5.41) is 9.63. The summed E-state index contributed by atoms with van der Waals surface area (Å²) in [5.74, 6) is -3.39. The fourth-order valence-electron chi connectivity index (χ4n) is 5.27. The maximum atomic E-state index is 15.6. The number of carbonyl (C=O) groups is 2. The van der Waals surface area contributed by atoms with Crippen LogP contribution in [0, 0.1) is 17.0 Å². The third-order valence-electron chi connectivity index (χ3n) is 7.58. The molecule has 0 radical (unpaired) electrons. The molecule has 0 saturated heterocycles. The van der Waals surface area contributed by atoms with Gasteiger partial charge in [-0.05, 0) is 24.3 Å². The Kier molecular flexibility index (Phi) is 7.51. The molecule has 4 aromatic rings. The van der Waals surface area contributed by atoms with E-state index in [1.54, 1.807) is 36.4 Å². The highest BCUT2D eigenvalue weighted by Crippen LogP contribution is 2.38. The zero-order valence-electron chi connectivity index (χ0n) is 24.6. The number of aromatic nitrogens is 2. The van der Waals surface area contributed by atoms with Gasteiger partial charge in [0, 0.05) is 22.1 Å². The minimum atomic E-state index is -3.70. The Morgan fingerprint density at radius 1 is 1.07 bits per heavy atom. The summed E-state index contributed by atoms with van der Waals surface area (Å²) in [4.78, 5) is 31.8. The second-order valence-corrected chi connectivity index (χ2v) is 13.8. The van der Waals surface area contributed by atoms with Crippen molar-refractivity contribution in [1.29, 1.82) is 0 Å². The van der Waals surface area contributed by atoms with Gasteiger partial charge in [-0.3, -0.25) is 9.59 Å². The number of anilines is 1. The number of aliphatic imine (C=N–C) groups is 1. The Balaban J connectivity index is 1.45. The van der Waals surface area contributed by atoms with E-state index in [0.717, 1.165) is 6.07 Å². The Morgan fingerprint density at radius 2 is 1.82 bits per heavy atom. The number of benzodiazepines with no additional fused rings is 1. The van der Waals surface area contributed by atoms with E-state index in [-0.39, 0.29) is 56.8 Å². The van der Waals surface area contributed by atoms with E-state index in [1.807, 2.05) is 13.8 Å². The number of nitrogens with one attached hydrogen (secondary N) is 2. The Hall–Kier alpha value is -4.91. The molecule has 0 fully saturated rings. The maximum absolute atomic E-state index is 15.6. The van der Waals surface area contributed by atoms with Crippen LogP contribution in [0.2, 0.25) is 0 Å². The van der Waals surface area contributed by atoms with Crippen molar-refractivity contribution in [2.45, 2.75) is 38.4 Å². The van der Waals surface area contributed by atoms with Crippen LogP contribution in [0.5, 0.6) is 5.88 Å². The predicted octanol–water partition coefficient (Wildman–Crippen LogP) is 4.59. The van der Waals surface area contributed by atoms with Gasteiger partial charge in [0.15, 0.2) is 9.84 Å². The number of nitrogens with zero attached hydrogens (tertiary/aromatic N) is 3. The van der Waals surface area contributed by atoms with E-state index in [2.05, 4.69) is 20.7 Å². The zero-order valence-corrected chi connectivity index (χ0v) is 25.4. The largest absolute Gasteiger partial charge is 0.477 e. The summed E-state index contributed by atoms with van der Waals surface area (Å²) < 4.78 is 62.6. The summed E-state index contributed by atoms with van der Waals surface area (Å²) in [6.07, 6.45) is -1.52. The molecule has 10 nitrogen and oxygen atoms in total.